The van der Waals surface area contributed by atoms with Gasteiger partial charge in [0.2, 0.25) is 12.2 Å². The molecule has 0 unspecified atom stereocenters. The molecule has 0 bridgehead atoms. The molecule has 2 aromatic rings. The first-order valence-corrected chi connectivity index (χ1v) is 7.65. The van der Waals surface area contributed by atoms with E-state index in [2.05, 4.69) is 9.32 Å². The van der Waals surface area contributed by atoms with Crippen LogP contribution in [0.2, 0.25) is 0 Å². The molecule has 0 saturated heterocycles. The van der Waals surface area contributed by atoms with E-state index in [1.807, 2.05) is 0 Å². The number of para-hydroxylation sites is 2. The third-order valence-corrected chi connectivity index (χ3v) is 4.11. The fourth-order valence-corrected chi connectivity index (χ4v) is 2.93. The lowest BCUT2D eigenvalue weighted by molar-refractivity contribution is 0.384. The maximum absolute atomic E-state index is 10.7. The van der Waals surface area contributed by atoms with E-state index >= 15 is 0 Å². The maximum Gasteiger partial charge on any atom is 0.783 e. The van der Waals surface area contributed by atoms with Gasteiger partial charge >= 0.3 is 8.88 Å². The molecule has 7 heteroatoms. The van der Waals surface area contributed by atoms with Gasteiger partial charge in [0, 0.05) is 0 Å². The summed E-state index contributed by atoms with van der Waals surface area (Å²) in [5.41, 5.74) is 0. The van der Waals surface area contributed by atoms with Crippen LogP contribution in [0.15, 0.2) is 70.0 Å². The van der Waals surface area contributed by atoms with Crippen LogP contribution < -0.4 is 8.85 Å². The summed E-state index contributed by atoms with van der Waals surface area (Å²) in [6, 6.07) is 17.0. The van der Waals surface area contributed by atoms with Gasteiger partial charge in [0.25, 0.3) is 0 Å². The molecule has 0 aliphatic carbocycles. The van der Waals surface area contributed by atoms with Crippen LogP contribution in [0.5, 0.6) is 11.5 Å². The van der Waals surface area contributed by atoms with Crippen LogP contribution in [0.3, 0.4) is 0 Å². The van der Waals surface area contributed by atoms with E-state index in [1.165, 1.54) is 12.2 Å². The van der Waals surface area contributed by atoms with Gasteiger partial charge in [-0.05, 0) is 24.3 Å². The molecular weight excluding hydrogens is 288 g/mol. The number of nitrogens with zero attached hydrogens (tertiary/aromatic N) is 2. The van der Waals surface area contributed by atoms with Crippen LogP contribution >= 0.6 is 0 Å². The van der Waals surface area contributed by atoms with Crippen molar-refractivity contribution in [2.24, 2.45) is 9.32 Å². The Morgan fingerprint density at radius 1 is 0.714 bits per heavy atom. The molecular formula is C14H10N2O4Si. The third kappa shape index (κ3) is 3.99. The minimum absolute atomic E-state index is 0.373. The molecule has 21 heavy (non-hydrogen) atoms. The molecule has 0 radical (unpaired) electrons. The maximum atomic E-state index is 10.7. The number of carbonyl (C=O) groups excluding carboxylic acids is 2. The molecule has 104 valence electrons. The van der Waals surface area contributed by atoms with Crippen molar-refractivity contribution in [3.63, 3.8) is 0 Å². The summed E-state index contributed by atoms with van der Waals surface area (Å²) >= 11 is 0. The third-order valence-electron chi connectivity index (χ3n) is 2.36. The normalized spacial score (nSPS) is 9.90. The summed E-state index contributed by atoms with van der Waals surface area (Å²) in [5, 5.41) is 0. The van der Waals surface area contributed by atoms with Gasteiger partial charge in [-0.25, -0.2) is 9.59 Å². The highest BCUT2D eigenvalue weighted by Crippen LogP contribution is 2.21. The van der Waals surface area contributed by atoms with Gasteiger partial charge in [0.1, 0.15) is 11.5 Å². The predicted octanol–water partition coefficient (Wildman–Crippen LogP) is 2.25. The van der Waals surface area contributed by atoms with Crippen LogP contribution in [-0.2, 0) is 9.59 Å². The Morgan fingerprint density at radius 3 is 1.43 bits per heavy atom. The van der Waals surface area contributed by atoms with Gasteiger partial charge in [-0.15, -0.1) is 9.32 Å². The van der Waals surface area contributed by atoms with Crippen molar-refractivity contribution >= 4 is 21.0 Å². The van der Waals surface area contributed by atoms with E-state index in [0.717, 1.165) is 0 Å². The van der Waals surface area contributed by atoms with Crippen LogP contribution in [0.25, 0.3) is 0 Å². The fraction of sp³-hybridized carbons (Fsp3) is 0. The van der Waals surface area contributed by atoms with Gasteiger partial charge in [0.15, 0.2) is 0 Å². The summed E-state index contributed by atoms with van der Waals surface area (Å²) in [4.78, 5) is 21.3. The fourth-order valence-electron chi connectivity index (χ4n) is 1.54. The summed E-state index contributed by atoms with van der Waals surface area (Å²) in [6.45, 7) is 0. The average Bonchev–Trinajstić information content (AvgIpc) is 2.50. The van der Waals surface area contributed by atoms with E-state index in [-0.39, 0.29) is 0 Å². The van der Waals surface area contributed by atoms with Crippen molar-refractivity contribution in [2.45, 2.75) is 0 Å². The first-order chi connectivity index (χ1) is 10.3. The molecule has 6 nitrogen and oxygen atoms in total. The Kier molecular flexibility index (Phi) is 4.79. The Labute approximate surface area is 121 Å². The van der Waals surface area contributed by atoms with Crippen molar-refractivity contribution in [3.05, 3.63) is 60.7 Å². The molecule has 0 heterocycles. The SMILES string of the molecule is O=C=N[Si](N=C=O)(Oc1ccccc1)Oc1ccccc1. The monoisotopic (exact) mass is 298 g/mol. The van der Waals surface area contributed by atoms with E-state index in [0.29, 0.717) is 11.5 Å². The van der Waals surface area contributed by atoms with Crippen molar-refractivity contribution < 1.29 is 18.4 Å². The van der Waals surface area contributed by atoms with Crippen LogP contribution in [0.4, 0.5) is 0 Å². The van der Waals surface area contributed by atoms with Crippen LogP contribution in [0.1, 0.15) is 0 Å². The Bertz CT molecular complexity index is 619. The number of isocyanates is 2. The Balaban J connectivity index is 2.37. The number of rotatable bonds is 6. The lowest BCUT2D eigenvalue weighted by Gasteiger charge is -2.19. The lowest BCUT2D eigenvalue weighted by atomic mass is 10.3. The van der Waals surface area contributed by atoms with Gasteiger partial charge in [-0.2, -0.15) is 0 Å². The summed E-state index contributed by atoms with van der Waals surface area (Å²) in [5.74, 6) is 0.746. The minimum Gasteiger partial charge on any atom is -0.478 e. The Morgan fingerprint density at radius 2 is 1.10 bits per heavy atom. The quantitative estimate of drug-likeness (QED) is 0.465. The van der Waals surface area contributed by atoms with E-state index < -0.39 is 8.88 Å². The largest absolute Gasteiger partial charge is 0.783 e. The van der Waals surface area contributed by atoms with Gasteiger partial charge in [0.05, 0.1) is 0 Å². The second-order valence-corrected chi connectivity index (χ2v) is 5.74. The van der Waals surface area contributed by atoms with E-state index in [9.17, 15) is 9.59 Å². The minimum atomic E-state index is -3.87. The standard InChI is InChI=1S/C14H10N2O4Si/c17-11-15-21(16-12-18,19-13-7-3-1-4-8-13)20-14-9-5-2-6-10-14/h1-10H. The average molecular weight is 298 g/mol. The summed E-state index contributed by atoms with van der Waals surface area (Å²) in [6.07, 6.45) is 2.70. The smallest absolute Gasteiger partial charge is 0.478 e. The molecule has 0 aliphatic rings. The molecule has 0 spiro atoms. The molecule has 2 aromatic carbocycles. The first-order valence-electron chi connectivity index (χ1n) is 5.94. The summed E-state index contributed by atoms with van der Waals surface area (Å²) < 4.78 is 18.1. The van der Waals surface area contributed by atoms with Crippen molar-refractivity contribution in [1.29, 1.82) is 0 Å². The molecule has 0 amide bonds. The number of benzene rings is 2. The molecule has 0 aliphatic heterocycles. The van der Waals surface area contributed by atoms with Gasteiger partial charge in [-0.3, -0.25) is 0 Å². The molecule has 0 atom stereocenters. The van der Waals surface area contributed by atoms with Crippen LogP contribution in [0, 0.1) is 0 Å². The number of hydrogen-bond donors (Lipinski definition) is 0. The molecule has 0 saturated carbocycles. The second-order valence-electron chi connectivity index (χ2n) is 3.78. The number of hydrogen-bond acceptors (Lipinski definition) is 6. The van der Waals surface area contributed by atoms with E-state index in [1.54, 1.807) is 60.7 Å². The van der Waals surface area contributed by atoms with Gasteiger partial charge in [-0.1, -0.05) is 36.4 Å². The van der Waals surface area contributed by atoms with Crippen molar-refractivity contribution in [3.8, 4) is 11.5 Å². The molecule has 2 rings (SSSR count). The van der Waals surface area contributed by atoms with Crippen LogP contribution in [-0.4, -0.2) is 21.0 Å². The highest BCUT2D eigenvalue weighted by molar-refractivity contribution is 6.66. The Hall–Kier alpha value is -2.98. The first kappa shape index (κ1) is 14.4. The zero-order valence-corrected chi connectivity index (χ0v) is 11.8. The topological polar surface area (TPSA) is 77.3 Å². The van der Waals surface area contributed by atoms with Gasteiger partial charge < -0.3 is 8.85 Å². The lowest BCUT2D eigenvalue weighted by Crippen LogP contribution is -2.45. The highest BCUT2D eigenvalue weighted by atomic mass is 28.4. The zero-order valence-electron chi connectivity index (χ0n) is 10.8. The van der Waals surface area contributed by atoms with Crippen molar-refractivity contribution in [1.82, 2.24) is 0 Å². The molecule has 0 fully saturated rings. The second kappa shape index (κ2) is 6.98. The molecule has 0 N–H and O–H groups in total. The predicted molar refractivity (Wildman–Crippen MR) is 76.1 cm³/mol. The zero-order chi connectivity index (χ0) is 15.0. The van der Waals surface area contributed by atoms with E-state index in [4.69, 9.17) is 8.85 Å². The molecule has 0 aromatic heterocycles. The highest BCUT2D eigenvalue weighted by Gasteiger charge is 2.48. The van der Waals surface area contributed by atoms with Crippen molar-refractivity contribution in [2.75, 3.05) is 0 Å². The summed E-state index contributed by atoms with van der Waals surface area (Å²) in [7, 11) is -3.87.